The number of aliphatic carboxylic acids is 1. The van der Waals surface area contributed by atoms with Crippen molar-refractivity contribution in [1.82, 2.24) is 8.87 Å². The molecule has 2 heterocycles. The molecule has 0 spiro atoms. The van der Waals surface area contributed by atoms with Gasteiger partial charge < -0.3 is 9.67 Å². The van der Waals surface area contributed by atoms with Gasteiger partial charge >= 0.3 is 5.97 Å². The molecule has 32 heavy (non-hydrogen) atoms. The number of rotatable bonds is 7. The molecule has 0 saturated carbocycles. The van der Waals surface area contributed by atoms with Crippen LogP contribution in [0.2, 0.25) is 5.02 Å². The Morgan fingerprint density at radius 2 is 1.84 bits per heavy atom. The molecule has 1 aliphatic heterocycles. The Hall–Kier alpha value is -2.00. The average Bonchev–Trinajstić information content (AvgIpc) is 3.11. The third-order valence-corrected chi connectivity index (χ3v) is 8.89. The lowest BCUT2D eigenvalue weighted by atomic mass is 9.90. The fraction of sp³-hybridized carbons (Fsp3) is 0.348. The van der Waals surface area contributed by atoms with Gasteiger partial charge in [-0.25, -0.2) is 8.42 Å². The second-order valence-corrected chi connectivity index (χ2v) is 11.6. The van der Waals surface area contributed by atoms with Crippen molar-refractivity contribution in [1.29, 1.82) is 0 Å². The molecule has 1 fully saturated rings. The summed E-state index contributed by atoms with van der Waals surface area (Å²) in [5.41, 5.74) is 1.84. The van der Waals surface area contributed by atoms with Crippen LogP contribution in [0, 0.1) is 0 Å². The van der Waals surface area contributed by atoms with Gasteiger partial charge in [-0.1, -0.05) is 24.6 Å². The lowest BCUT2D eigenvalue weighted by Crippen LogP contribution is -2.37. The predicted octanol–water partition coefficient (Wildman–Crippen LogP) is 5.06. The van der Waals surface area contributed by atoms with Crippen molar-refractivity contribution in [3.8, 4) is 0 Å². The van der Waals surface area contributed by atoms with Crippen molar-refractivity contribution in [3.63, 3.8) is 0 Å². The Morgan fingerprint density at radius 3 is 2.47 bits per heavy atom. The Kier molecular flexibility index (Phi) is 6.86. The van der Waals surface area contributed by atoms with Gasteiger partial charge in [-0.05, 0) is 66.5 Å². The normalized spacial score (nSPS) is 15.9. The van der Waals surface area contributed by atoms with E-state index in [2.05, 4.69) is 6.92 Å². The monoisotopic (exact) mass is 492 g/mol. The van der Waals surface area contributed by atoms with E-state index < -0.39 is 16.0 Å². The lowest BCUT2D eigenvalue weighted by molar-refractivity contribution is -0.137. The van der Waals surface area contributed by atoms with E-state index in [1.807, 2.05) is 24.4 Å². The van der Waals surface area contributed by atoms with E-state index >= 15 is 0 Å². The number of fused-ring (bicyclic) bond motifs is 1. The van der Waals surface area contributed by atoms with Crippen LogP contribution in [0.5, 0.6) is 0 Å². The third-order valence-electron chi connectivity index (χ3n) is 5.85. The molecule has 9 heteroatoms. The number of aromatic nitrogens is 1. The molecule has 170 valence electrons. The van der Waals surface area contributed by atoms with Gasteiger partial charge in [0, 0.05) is 34.6 Å². The lowest BCUT2D eigenvalue weighted by Gasteiger charge is -2.31. The van der Waals surface area contributed by atoms with Gasteiger partial charge in [0.25, 0.3) is 0 Å². The summed E-state index contributed by atoms with van der Waals surface area (Å²) in [6.45, 7) is 2.78. The van der Waals surface area contributed by atoms with Crippen LogP contribution in [-0.4, -0.2) is 47.2 Å². The van der Waals surface area contributed by atoms with Crippen LogP contribution in [0.3, 0.4) is 0 Å². The first-order valence-electron chi connectivity index (χ1n) is 10.5. The van der Waals surface area contributed by atoms with Crippen LogP contribution in [0.1, 0.15) is 31.2 Å². The van der Waals surface area contributed by atoms with Crippen LogP contribution < -0.4 is 0 Å². The standard InChI is InChI=1S/C23H25ClN2O4S2/c1-2-31-18-4-6-19(7-5-18)32(29,30)26-11-9-16(10-12-26)21-14-25(15-23(27)28)22-13-17(24)3-8-20(21)22/h3-8,13-14,16H,2,9-12,15H2,1H3,(H,27,28). The summed E-state index contributed by atoms with van der Waals surface area (Å²) in [5, 5.41) is 10.8. The fourth-order valence-electron chi connectivity index (χ4n) is 4.33. The second-order valence-electron chi connectivity index (χ2n) is 7.85. The quantitative estimate of drug-likeness (QED) is 0.466. The molecule has 2 aromatic carbocycles. The maximum atomic E-state index is 13.1. The number of thioether (sulfide) groups is 1. The third kappa shape index (κ3) is 4.69. The van der Waals surface area contributed by atoms with Crippen LogP contribution in [0.15, 0.2) is 58.5 Å². The number of hydrogen-bond donors (Lipinski definition) is 1. The highest BCUT2D eigenvalue weighted by molar-refractivity contribution is 7.99. The van der Waals surface area contributed by atoms with Crippen molar-refractivity contribution < 1.29 is 18.3 Å². The van der Waals surface area contributed by atoms with Gasteiger partial charge in [-0.15, -0.1) is 11.8 Å². The van der Waals surface area contributed by atoms with Gasteiger partial charge in [-0.3, -0.25) is 4.79 Å². The van der Waals surface area contributed by atoms with Crippen molar-refractivity contribution >= 4 is 50.3 Å². The maximum absolute atomic E-state index is 13.1. The minimum absolute atomic E-state index is 0.142. The number of sulfonamides is 1. The SMILES string of the molecule is CCSc1ccc(S(=O)(=O)N2CCC(c3cn(CC(=O)O)c4cc(Cl)ccc34)CC2)cc1. The van der Waals surface area contributed by atoms with Crippen LogP contribution in [0.4, 0.5) is 0 Å². The molecular weight excluding hydrogens is 468 g/mol. The summed E-state index contributed by atoms with van der Waals surface area (Å²) in [4.78, 5) is 12.7. The number of carboxylic acids is 1. The largest absolute Gasteiger partial charge is 0.480 e. The first-order chi connectivity index (χ1) is 15.3. The van der Waals surface area contributed by atoms with E-state index in [1.165, 1.54) is 0 Å². The number of halogens is 1. The minimum Gasteiger partial charge on any atom is -0.480 e. The zero-order chi connectivity index (χ0) is 22.9. The van der Waals surface area contributed by atoms with Crippen molar-refractivity contribution in [3.05, 3.63) is 59.2 Å². The second kappa shape index (κ2) is 9.47. The van der Waals surface area contributed by atoms with E-state index in [1.54, 1.807) is 44.9 Å². The number of piperidine rings is 1. The predicted molar refractivity (Wildman–Crippen MR) is 128 cm³/mol. The number of benzene rings is 2. The number of carbonyl (C=O) groups is 1. The smallest absolute Gasteiger partial charge is 0.323 e. The highest BCUT2D eigenvalue weighted by Crippen LogP contribution is 2.37. The van der Waals surface area contributed by atoms with Crippen LogP contribution in [-0.2, 0) is 21.4 Å². The summed E-state index contributed by atoms with van der Waals surface area (Å²) in [7, 11) is -3.53. The van der Waals surface area contributed by atoms with Crippen molar-refractivity contribution in [2.24, 2.45) is 0 Å². The Bertz CT molecular complexity index is 1230. The fourth-order valence-corrected chi connectivity index (χ4v) is 6.62. The summed E-state index contributed by atoms with van der Waals surface area (Å²) < 4.78 is 29.5. The van der Waals surface area contributed by atoms with Gasteiger partial charge in [0.1, 0.15) is 6.54 Å². The van der Waals surface area contributed by atoms with Gasteiger partial charge in [-0.2, -0.15) is 4.31 Å². The molecule has 1 saturated heterocycles. The number of nitrogens with zero attached hydrogens (tertiary/aromatic N) is 2. The van der Waals surface area contributed by atoms with Gasteiger partial charge in [0.2, 0.25) is 10.0 Å². The highest BCUT2D eigenvalue weighted by Gasteiger charge is 2.31. The summed E-state index contributed by atoms with van der Waals surface area (Å²) in [6.07, 6.45) is 3.24. The molecule has 0 radical (unpaired) electrons. The molecule has 0 amide bonds. The Labute approximate surface area is 197 Å². The van der Waals surface area contributed by atoms with Crippen molar-refractivity contribution in [2.45, 2.75) is 42.0 Å². The van der Waals surface area contributed by atoms with E-state index in [0.29, 0.717) is 35.8 Å². The van der Waals surface area contributed by atoms with Crippen LogP contribution in [0.25, 0.3) is 10.9 Å². The minimum atomic E-state index is -3.53. The molecule has 0 unspecified atom stereocenters. The Morgan fingerprint density at radius 1 is 1.16 bits per heavy atom. The molecule has 4 rings (SSSR count). The van der Waals surface area contributed by atoms with Crippen molar-refractivity contribution in [2.75, 3.05) is 18.8 Å². The first-order valence-corrected chi connectivity index (χ1v) is 13.3. The summed E-state index contributed by atoms with van der Waals surface area (Å²) in [6, 6.07) is 12.6. The topological polar surface area (TPSA) is 79.6 Å². The summed E-state index contributed by atoms with van der Waals surface area (Å²) >= 11 is 7.82. The summed E-state index contributed by atoms with van der Waals surface area (Å²) in [5.74, 6) is 0.176. The molecular formula is C23H25ClN2O4S2. The molecule has 3 aromatic rings. The number of hydrogen-bond acceptors (Lipinski definition) is 4. The van der Waals surface area contributed by atoms with E-state index in [0.717, 1.165) is 27.1 Å². The Balaban J connectivity index is 1.53. The molecule has 0 aliphatic carbocycles. The molecule has 1 aromatic heterocycles. The van der Waals surface area contributed by atoms with Gasteiger partial charge in [0.05, 0.1) is 10.4 Å². The van der Waals surface area contributed by atoms with E-state index in [-0.39, 0.29) is 12.5 Å². The zero-order valence-corrected chi connectivity index (χ0v) is 20.1. The maximum Gasteiger partial charge on any atom is 0.323 e. The molecule has 0 atom stereocenters. The van der Waals surface area contributed by atoms with Gasteiger partial charge in [0.15, 0.2) is 0 Å². The molecule has 0 bridgehead atoms. The zero-order valence-electron chi connectivity index (χ0n) is 17.7. The average molecular weight is 493 g/mol. The molecule has 1 N–H and O–H groups in total. The van der Waals surface area contributed by atoms with E-state index in [9.17, 15) is 18.3 Å². The molecule has 6 nitrogen and oxygen atoms in total. The van der Waals surface area contributed by atoms with E-state index in [4.69, 9.17) is 11.6 Å². The first kappa shape index (κ1) is 23.2. The molecule has 1 aliphatic rings. The number of carboxylic acid groups (broad SMARTS) is 1. The van der Waals surface area contributed by atoms with Crippen LogP contribution >= 0.6 is 23.4 Å². The highest BCUT2D eigenvalue weighted by atomic mass is 35.5.